The molecule has 0 aliphatic rings. The topological polar surface area (TPSA) is 33.2 Å². The second kappa shape index (κ2) is 6.48. The van der Waals surface area contributed by atoms with Crippen LogP contribution in [0.1, 0.15) is 29.4 Å². The highest BCUT2D eigenvalue weighted by atomic mass is 32.1. The second-order valence-corrected chi connectivity index (χ2v) is 5.48. The van der Waals surface area contributed by atoms with E-state index in [0.717, 1.165) is 42.1 Å². The number of carbonyl (C=O) groups is 1. The van der Waals surface area contributed by atoms with Crippen LogP contribution in [-0.2, 0) is 0 Å². The lowest BCUT2D eigenvalue weighted by Crippen LogP contribution is -2.17. The standard InChI is InChI=1S/C15H18N2OS/c1-3-4-10-17(2)15-16-14(13(11-18)19-15)12-8-6-5-7-9-12/h5-9,11H,3-4,10H2,1-2H3. The summed E-state index contributed by atoms with van der Waals surface area (Å²) < 4.78 is 0. The van der Waals surface area contributed by atoms with E-state index in [9.17, 15) is 4.79 Å². The zero-order chi connectivity index (χ0) is 13.7. The Labute approximate surface area is 117 Å². The Kier molecular flexibility index (Phi) is 4.68. The third kappa shape index (κ3) is 3.20. The number of benzene rings is 1. The van der Waals surface area contributed by atoms with Crippen LogP contribution in [0.2, 0.25) is 0 Å². The van der Waals surface area contributed by atoms with Crippen LogP contribution < -0.4 is 4.90 Å². The lowest BCUT2D eigenvalue weighted by molar-refractivity contribution is 0.112. The molecule has 100 valence electrons. The molecule has 0 spiro atoms. The number of rotatable bonds is 6. The Bertz CT molecular complexity index is 536. The number of hydrogen-bond donors (Lipinski definition) is 0. The maximum Gasteiger partial charge on any atom is 0.186 e. The minimum Gasteiger partial charge on any atom is -0.351 e. The Morgan fingerprint density at radius 1 is 1.32 bits per heavy atom. The first-order chi connectivity index (χ1) is 9.26. The van der Waals surface area contributed by atoms with Gasteiger partial charge in [-0.2, -0.15) is 0 Å². The van der Waals surface area contributed by atoms with Crippen molar-refractivity contribution >= 4 is 22.8 Å². The third-order valence-corrected chi connectivity index (χ3v) is 4.06. The summed E-state index contributed by atoms with van der Waals surface area (Å²) in [5, 5.41) is 0.911. The molecule has 0 unspecified atom stereocenters. The molecular weight excluding hydrogens is 256 g/mol. The van der Waals surface area contributed by atoms with Crippen LogP contribution in [-0.4, -0.2) is 24.9 Å². The maximum atomic E-state index is 11.2. The van der Waals surface area contributed by atoms with E-state index in [-0.39, 0.29) is 0 Å². The van der Waals surface area contributed by atoms with Crippen molar-refractivity contribution in [1.29, 1.82) is 0 Å². The molecule has 0 atom stereocenters. The second-order valence-electron chi connectivity index (χ2n) is 4.47. The number of hydrogen-bond acceptors (Lipinski definition) is 4. The normalized spacial score (nSPS) is 10.4. The van der Waals surface area contributed by atoms with Crippen LogP contribution >= 0.6 is 11.3 Å². The molecule has 2 aromatic rings. The van der Waals surface area contributed by atoms with Gasteiger partial charge in [-0.15, -0.1) is 0 Å². The quantitative estimate of drug-likeness (QED) is 0.750. The van der Waals surface area contributed by atoms with Crippen molar-refractivity contribution in [2.24, 2.45) is 0 Å². The van der Waals surface area contributed by atoms with E-state index in [2.05, 4.69) is 16.8 Å². The van der Waals surface area contributed by atoms with Gasteiger partial charge in [0.15, 0.2) is 11.4 Å². The van der Waals surface area contributed by atoms with Gasteiger partial charge in [0.1, 0.15) is 0 Å². The SMILES string of the molecule is CCCCN(C)c1nc(-c2ccccc2)c(C=O)s1. The van der Waals surface area contributed by atoms with Gasteiger partial charge in [-0.25, -0.2) is 4.98 Å². The van der Waals surface area contributed by atoms with Crippen LogP contribution in [0.5, 0.6) is 0 Å². The lowest BCUT2D eigenvalue weighted by atomic mass is 10.1. The molecule has 1 aromatic carbocycles. The minimum atomic E-state index is 0.699. The van der Waals surface area contributed by atoms with Crippen LogP contribution in [0.25, 0.3) is 11.3 Å². The summed E-state index contributed by atoms with van der Waals surface area (Å²) in [4.78, 5) is 18.6. The van der Waals surface area contributed by atoms with Crippen molar-refractivity contribution in [3.8, 4) is 11.3 Å². The van der Waals surface area contributed by atoms with Gasteiger partial charge < -0.3 is 4.90 Å². The van der Waals surface area contributed by atoms with E-state index >= 15 is 0 Å². The Balaban J connectivity index is 2.30. The average molecular weight is 274 g/mol. The fourth-order valence-electron chi connectivity index (χ4n) is 1.86. The molecule has 1 heterocycles. The van der Waals surface area contributed by atoms with Gasteiger partial charge in [0.25, 0.3) is 0 Å². The van der Waals surface area contributed by atoms with E-state index in [1.165, 1.54) is 11.3 Å². The molecule has 0 saturated carbocycles. The van der Waals surface area contributed by atoms with Gasteiger partial charge in [0.05, 0.1) is 10.6 Å². The van der Waals surface area contributed by atoms with E-state index in [1.54, 1.807) is 0 Å². The van der Waals surface area contributed by atoms with Crippen molar-refractivity contribution in [1.82, 2.24) is 4.98 Å². The fraction of sp³-hybridized carbons (Fsp3) is 0.333. The lowest BCUT2D eigenvalue weighted by Gasteiger charge is -2.14. The van der Waals surface area contributed by atoms with Crippen LogP contribution in [0.15, 0.2) is 30.3 Å². The van der Waals surface area contributed by atoms with Crippen LogP contribution in [0.4, 0.5) is 5.13 Å². The highest BCUT2D eigenvalue weighted by Gasteiger charge is 2.14. The molecule has 0 aliphatic heterocycles. The number of thiazole rings is 1. The van der Waals surface area contributed by atoms with Gasteiger partial charge >= 0.3 is 0 Å². The molecule has 0 amide bonds. The zero-order valence-electron chi connectivity index (χ0n) is 11.3. The summed E-state index contributed by atoms with van der Waals surface area (Å²) in [6.45, 7) is 3.14. The number of aldehydes is 1. The van der Waals surface area contributed by atoms with Crippen molar-refractivity contribution < 1.29 is 4.79 Å². The predicted molar refractivity (Wildman–Crippen MR) is 81.1 cm³/mol. The number of unbranched alkanes of at least 4 members (excludes halogenated alkanes) is 1. The van der Waals surface area contributed by atoms with Gasteiger partial charge in [-0.3, -0.25) is 4.79 Å². The molecule has 4 heteroatoms. The molecule has 1 aromatic heterocycles. The van der Waals surface area contributed by atoms with Crippen molar-refractivity contribution in [2.45, 2.75) is 19.8 Å². The van der Waals surface area contributed by atoms with Crippen LogP contribution in [0.3, 0.4) is 0 Å². The molecular formula is C15H18N2OS. The van der Waals surface area contributed by atoms with Gasteiger partial charge in [-0.1, -0.05) is 55.0 Å². The Hall–Kier alpha value is -1.68. The molecule has 0 aliphatic carbocycles. The first kappa shape index (κ1) is 13.7. The summed E-state index contributed by atoms with van der Waals surface area (Å²) in [5.74, 6) is 0. The molecule has 0 saturated heterocycles. The highest BCUT2D eigenvalue weighted by molar-refractivity contribution is 7.17. The predicted octanol–water partition coefficient (Wildman–Crippen LogP) is 3.86. The minimum absolute atomic E-state index is 0.699. The molecule has 19 heavy (non-hydrogen) atoms. The van der Waals surface area contributed by atoms with E-state index in [4.69, 9.17) is 0 Å². The molecule has 0 fully saturated rings. The number of aromatic nitrogens is 1. The average Bonchev–Trinajstić information content (AvgIpc) is 2.90. The number of anilines is 1. The summed E-state index contributed by atoms with van der Waals surface area (Å²) in [6.07, 6.45) is 3.19. The molecule has 0 radical (unpaired) electrons. The largest absolute Gasteiger partial charge is 0.351 e. The van der Waals surface area contributed by atoms with Crippen molar-refractivity contribution in [3.05, 3.63) is 35.2 Å². The Morgan fingerprint density at radius 2 is 2.05 bits per heavy atom. The van der Waals surface area contributed by atoms with E-state index in [0.29, 0.717) is 4.88 Å². The molecule has 0 bridgehead atoms. The fourth-order valence-corrected chi connectivity index (χ4v) is 2.75. The van der Waals surface area contributed by atoms with Crippen LogP contribution in [0, 0.1) is 0 Å². The van der Waals surface area contributed by atoms with E-state index in [1.807, 2.05) is 37.4 Å². The first-order valence-electron chi connectivity index (χ1n) is 6.48. The highest BCUT2D eigenvalue weighted by Crippen LogP contribution is 2.31. The summed E-state index contributed by atoms with van der Waals surface area (Å²) in [5.41, 5.74) is 1.79. The third-order valence-electron chi connectivity index (χ3n) is 2.97. The zero-order valence-corrected chi connectivity index (χ0v) is 12.1. The summed E-state index contributed by atoms with van der Waals surface area (Å²) in [7, 11) is 2.03. The van der Waals surface area contributed by atoms with Gasteiger partial charge in [0, 0.05) is 19.2 Å². The van der Waals surface area contributed by atoms with Crippen molar-refractivity contribution in [2.75, 3.05) is 18.5 Å². The van der Waals surface area contributed by atoms with Gasteiger partial charge in [-0.05, 0) is 6.42 Å². The summed E-state index contributed by atoms with van der Waals surface area (Å²) in [6, 6.07) is 9.86. The molecule has 2 rings (SSSR count). The summed E-state index contributed by atoms with van der Waals surface area (Å²) >= 11 is 1.46. The smallest absolute Gasteiger partial charge is 0.186 e. The molecule has 3 nitrogen and oxygen atoms in total. The van der Waals surface area contributed by atoms with E-state index < -0.39 is 0 Å². The number of nitrogens with zero attached hydrogens (tertiary/aromatic N) is 2. The maximum absolute atomic E-state index is 11.2. The Morgan fingerprint density at radius 3 is 2.68 bits per heavy atom. The van der Waals surface area contributed by atoms with Gasteiger partial charge in [0.2, 0.25) is 0 Å². The monoisotopic (exact) mass is 274 g/mol. The first-order valence-corrected chi connectivity index (χ1v) is 7.30. The number of carbonyl (C=O) groups excluding carboxylic acids is 1. The molecule has 0 N–H and O–H groups in total. The van der Waals surface area contributed by atoms with Crippen molar-refractivity contribution in [3.63, 3.8) is 0 Å².